The highest BCUT2D eigenvalue weighted by molar-refractivity contribution is 5.93. The summed E-state index contributed by atoms with van der Waals surface area (Å²) in [7, 11) is 0. The van der Waals surface area contributed by atoms with Crippen molar-refractivity contribution in [3.8, 4) is 12.3 Å². The predicted molar refractivity (Wildman–Crippen MR) is 53.9 cm³/mol. The van der Waals surface area contributed by atoms with Crippen LogP contribution in [0.2, 0.25) is 0 Å². The highest BCUT2D eigenvalue weighted by Gasteiger charge is 2.04. The van der Waals surface area contributed by atoms with Crippen molar-refractivity contribution in [1.82, 2.24) is 0 Å². The van der Waals surface area contributed by atoms with Crippen LogP contribution in [0.3, 0.4) is 0 Å². The third-order valence-electron chi connectivity index (χ3n) is 2.23. The molecule has 2 heteroatoms. The van der Waals surface area contributed by atoms with Gasteiger partial charge in [0.15, 0.2) is 5.76 Å². The third-order valence-corrected chi connectivity index (χ3v) is 2.23. The Bertz CT molecular complexity index is 602. The average molecular weight is 182 g/mol. The van der Waals surface area contributed by atoms with Gasteiger partial charge >= 0.3 is 0 Å². The summed E-state index contributed by atoms with van der Waals surface area (Å²) in [5, 5.41) is 2.00. The monoisotopic (exact) mass is 182 g/mol. The third kappa shape index (κ3) is 0.868. The van der Waals surface area contributed by atoms with Gasteiger partial charge in [0.1, 0.15) is 11.2 Å². The topological polar surface area (TPSA) is 26.3 Å². The maximum absolute atomic E-state index is 5.42. The molecule has 0 unspecified atom stereocenters. The maximum Gasteiger partial charge on any atom is 0.177 e. The molecule has 66 valence electrons. The van der Waals surface area contributed by atoms with Crippen LogP contribution < -0.4 is 0 Å². The summed E-state index contributed by atoms with van der Waals surface area (Å²) in [4.78, 5) is 0. The summed E-state index contributed by atoms with van der Waals surface area (Å²) < 4.78 is 10.7. The molecule has 3 rings (SSSR count). The van der Waals surface area contributed by atoms with Crippen LogP contribution in [0.5, 0.6) is 0 Å². The number of hydrogen-bond acceptors (Lipinski definition) is 2. The first-order chi connectivity index (χ1) is 6.86. The van der Waals surface area contributed by atoms with Gasteiger partial charge in [-0.1, -0.05) is 0 Å². The molecule has 3 aromatic rings. The largest absolute Gasteiger partial charge is 0.464 e. The van der Waals surface area contributed by atoms with Gasteiger partial charge in [0.2, 0.25) is 0 Å². The molecule has 0 bridgehead atoms. The predicted octanol–water partition coefficient (Wildman–Crippen LogP) is 3.16. The summed E-state index contributed by atoms with van der Waals surface area (Å²) in [5.41, 5.74) is 1.65. The molecule has 0 aliphatic rings. The Labute approximate surface area is 80.1 Å². The van der Waals surface area contributed by atoms with Crippen molar-refractivity contribution < 1.29 is 8.83 Å². The smallest absolute Gasteiger partial charge is 0.177 e. The van der Waals surface area contributed by atoms with Crippen LogP contribution in [0, 0.1) is 12.3 Å². The van der Waals surface area contributed by atoms with E-state index in [2.05, 4.69) is 5.92 Å². The van der Waals surface area contributed by atoms with Crippen LogP contribution in [0.1, 0.15) is 5.76 Å². The minimum absolute atomic E-state index is 0.549. The zero-order valence-electron chi connectivity index (χ0n) is 7.28. The van der Waals surface area contributed by atoms with Crippen LogP contribution in [-0.2, 0) is 0 Å². The van der Waals surface area contributed by atoms with Crippen molar-refractivity contribution in [2.75, 3.05) is 0 Å². The van der Waals surface area contributed by atoms with Crippen molar-refractivity contribution >= 4 is 21.9 Å². The van der Waals surface area contributed by atoms with Gasteiger partial charge in [-0.25, -0.2) is 0 Å². The van der Waals surface area contributed by atoms with Gasteiger partial charge in [-0.3, -0.25) is 0 Å². The first-order valence-corrected chi connectivity index (χ1v) is 4.24. The van der Waals surface area contributed by atoms with E-state index in [1.165, 1.54) is 0 Å². The van der Waals surface area contributed by atoms with Crippen LogP contribution in [0.15, 0.2) is 39.4 Å². The molecule has 2 aromatic heterocycles. The minimum atomic E-state index is 0.549. The number of fused-ring (bicyclic) bond motifs is 2. The maximum atomic E-state index is 5.42. The molecule has 0 N–H and O–H groups in total. The standard InChI is InChI=1S/C12H6O2/c1-2-10-5-9-7-11-8(3-4-13-11)6-12(9)14-10/h1,3-7H. The van der Waals surface area contributed by atoms with Crippen LogP contribution in [-0.4, -0.2) is 0 Å². The Kier molecular flexibility index (Phi) is 1.26. The van der Waals surface area contributed by atoms with Gasteiger partial charge in [0.05, 0.1) is 6.26 Å². The van der Waals surface area contributed by atoms with Crippen LogP contribution in [0.4, 0.5) is 0 Å². The van der Waals surface area contributed by atoms with Crippen molar-refractivity contribution in [2.45, 2.75) is 0 Å². The number of rotatable bonds is 0. The van der Waals surface area contributed by atoms with Gasteiger partial charge < -0.3 is 8.83 Å². The Morgan fingerprint density at radius 2 is 1.93 bits per heavy atom. The van der Waals surface area contributed by atoms with Gasteiger partial charge in [-0.15, -0.1) is 6.42 Å². The second kappa shape index (κ2) is 2.43. The minimum Gasteiger partial charge on any atom is -0.464 e. The number of benzene rings is 1. The summed E-state index contributed by atoms with van der Waals surface area (Å²) in [6.07, 6.45) is 6.91. The zero-order valence-corrected chi connectivity index (χ0v) is 7.28. The first kappa shape index (κ1) is 7.28. The molecule has 0 saturated carbocycles. The molecule has 0 atom stereocenters. The molecule has 0 radical (unpaired) electrons. The fourth-order valence-corrected chi connectivity index (χ4v) is 1.57. The van der Waals surface area contributed by atoms with Crippen molar-refractivity contribution in [3.63, 3.8) is 0 Å². The van der Waals surface area contributed by atoms with E-state index in [0.717, 1.165) is 21.9 Å². The van der Waals surface area contributed by atoms with E-state index in [1.807, 2.05) is 24.3 Å². The molecule has 2 nitrogen and oxygen atoms in total. The van der Waals surface area contributed by atoms with Crippen molar-refractivity contribution in [1.29, 1.82) is 0 Å². The summed E-state index contributed by atoms with van der Waals surface area (Å²) in [6.45, 7) is 0. The fourth-order valence-electron chi connectivity index (χ4n) is 1.57. The van der Waals surface area contributed by atoms with Gasteiger partial charge in [-0.05, 0) is 24.1 Å². The van der Waals surface area contributed by atoms with E-state index < -0.39 is 0 Å². The zero-order chi connectivity index (χ0) is 9.54. The highest BCUT2D eigenvalue weighted by Crippen LogP contribution is 2.25. The number of hydrogen-bond donors (Lipinski definition) is 0. The molecule has 1 aromatic carbocycles. The van der Waals surface area contributed by atoms with E-state index in [1.54, 1.807) is 6.26 Å². The fraction of sp³-hybridized carbons (Fsp3) is 0. The number of furan rings is 2. The molecular weight excluding hydrogens is 176 g/mol. The van der Waals surface area contributed by atoms with Crippen LogP contribution in [0.25, 0.3) is 21.9 Å². The lowest BCUT2D eigenvalue weighted by molar-refractivity contribution is 0.601. The van der Waals surface area contributed by atoms with E-state index in [9.17, 15) is 0 Å². The van der Waals surface area contributed by atoms with E-state index in [4.69, 9.17) is 15.3 Å². The lowest BCUT2D eigenvalue weighted by Gasteiger charge is -1.87. The molecule has 0 aliphatic carbocycles. The molecule has 0 aliphatic heterocycles. The normalized spacial score (nSPS) is 10.8. The van der Waals surface area contributed by atoms with E-state index in [0.29, 0.717) is 5.76 Å². The van der Waals surface area contributed by atoms with Gasteiger partial charge in [0, 0.05) is 16.8 Å². The Morgan fingerprint density at radius 1 is 1.07 bits per heavy atom. The Balaban J connectivity index is 2.48. The lowest BCUT2D eigenvalue weighted by atomic mass is 10.2. The lowest BCUT2D eigenvalue weighted by Crippen LogP contribution is -1.63. The Morgan fingerprint density at radius 3 is 2.79 bits per heavy atom. The first-order valence-electron chi connectivity index (χ1n) is 4.24. The average Bonchev–Trinajstić information content (AvgIpc) is 2.77. The van der Waals surface area contributed by atoms with E-state index in [-0.39, 0.29) is 0 Å². The number of terminal acetylenes is 1. The van der Waals surface area contributed by atoms with Gasteiger partial charge in [0.25, 0.3) is 0 Å². The molecule has 0 fully saturated rings. The Hall–Kier alpha value is -2.14. The van der Waals surface area contributed by atoms with E-state index >= 15 is 0 Å². The van der Waals surface area contributed by atoms with Gasteiger partial charge in [-0.2, -0.15) is 0 Å². The second-order valence-electron chi connectivity index (χ2n) is 3.10. The molecular formula is C12H6O2. The van der Waals surface area contributed by atoms with Crippen molar-refractivity contribution in [2.24, 2.45) is 0 Å². The van der Waals surface area contributed by atoms with Crippen molar-refractivity contribution in [3.05, 3.63) is 36.3 Å². The summed E-state index contributed by atoms with van der Waals surface area (Å²) >= 11 is 0. The quantitative estimate of drug-likeness (QED) is 0.499. The summed E-state index contributed by atoms with van der Waals surface area (Å²) in [6, 6.07) is 7.58. The second-order valence-corrected chi connectivity index (χ2v) is 3.10. The highest BCUT2D eigenvalue weighted by atomic mass is 16.3. The molecule has 2 heterocycles. The summed E-state index contributed by atoms with van der Waals surface area (Å²) in [5.74, 6) is 3.01. The SMILES string of the molecule is C#Cc1cc2cc3occc3cc2o1. The molecule has 0 spiro atoms. The molecule has 0 amide bonds. The molecule has 0 saturated heterocycles. The van der Waals surface area contributed by atoms with Crippen LogP contribution >= 0.6 is 0 Å². The molecule has 14 heavy (non-hydrogen) atoms.